The molecule has 3 aliphatic heterocycles. The Kier molecular flexibility index (Phi) is 10.4. The molecule has 0 aromatic carbocycles. The van der Waals surface area contributed by atoms with E-state index in [1.807, 2.05) is 9.80 Å². The molecule has 16 heteroatoms. The lowest BCUT2D eigenvalue weighted by Gasteiger charge is -2.36. The molecule has 0 spiro atoms. The normalized spacial score (nSPS) is 19.2. The number of hydrogen-bond acceptors (Lipinski definition) is 12. The molecule has 5 heterocycles. The summed E-state index contributed by atoms with van der Waals surface area (Å²) >= 11 is 0. The predicted molar refractivity (Wildman–Crippen MR) is 160 cm³/mol. The van der Waals surface area contributed by atoms with Crippen LogP contribution in [0.5, 0.6) is 0 Å². The number of aromatic nitrogens is 5. The Bertz CT molecular complexity index is 1410. The fraction of sp³-hybridized carbons (Fsp3) is 0.586. The number of nitrogen functional groups attached to an aromatic ring is 1. The van der Waals surface area contributed by atoms with Crippen LogP contribution in [0.2, 0.25) is 0 Å². The van der Waals surface area contributed by atoms with Gasteiger partial charge < -0.3 is 30.1 Å². The van der Waals surface area contributed by atoms with Crippen molar-refractivity contribution in [3.63, 3.8) is 0 Å². The molecule has 0 aliphatic carbocycles. The molecule has 5 rings (SSSR count). The summed E-state index contributed by atoms with van der Waals surface area (Å²) in [4.78, 5) is 66.4. The molecule has 14 nitrogen and oxygen atoms in total. The summed E-state index contributed by atoms with van der Waals surface area (Å²) in [5, 5.41) is 0. The Labute approximate surface area is 259 Å². The van der Waals surface area contributed by atoms with Crippen LogP contribution in [0.4, 0.5) is 26.6 Å². The summed E-state index contributed by atoms with van der Waals surface area (Å²) in [5.41, 5.74) is 4.98. The minimum Gasteiger partial charge on any atom is -0.378 e. The molecule has 3 saturated heterocycles. The number of hydrogen-bond donors (Lipinski definition) is 1. The molecule has 45 heavy (non-hydrogen) atoms. The number of likely N-dealkylation sites (tertiary alicyclic amines) is 1. The number of rotatable bonds is 10. The van der Waals surface area contributed by atoms with Gasteiger partial charge in [-0.25, -0.2) is 18.7 Å². The monoisotopic (exact) mass is 628 g/mol. The molecular formula is C29H38F2N10O4. The van der Waals surface area contributed by atoms with Gasteiger partial charge in [-0.1, -0.05) is 6.08 Å². The van der Waals surface area contributed by atoms with E-state index >= 15 is 0 Å². The van der Waals surface area contributed by atoms with Gasteiger partial charge in [-0.05, 0) is 25.8 Å². The van der Waals surface area contributed by atoms with Gasteiger partial charge in [0.05, 0.1) is 24.7 Å². The SMILES string of the molecule is C/C=C/C(=O)CCCC(=O)N1CCC(C(=O)N2CCN(c3nc(-c4cnc(N)nc4C(F)F)nc(N4CCOCC4)n3)CC2)C1. The molecule has 2 aromatic rings. The van der Waals surface area contributed by atoms with Crippen molar-refractivity contribution in [2.75, 3.05) is 81.1 Å². The van der Waals surface area contributed by atoms with Crippen LogP contribution < -0.4 is 15.5 Å². The average molecular weight is 629 g/mol. The molecule has 242 valence electrons. The highest BCUT2D eigenvalue weighted by Gasteiger charge is 2.35. The number of alkyl halides is 2. The van der Waals surface area contributed by atoms with Crippen LogP contribution in [0.25, 0.3) is 11.4 Å². The molecule has 0 saturated carbocycles. The van der Waals surface area contributed by atoms with E-state index in [9.17, 15) is 23.2 Å². The first kappa shape index (κ1) is 32.1. The fourth-order valence-electron chi connectivity index (χ4n) is 5.68. The summed E-state index contributed by atoms with van der Waals surface area (Å²) in [6.45, 7) is 6.36. The fourth-order valence-corrected chi connectivity index (χ4v) is 5.68. The van der Waals surface area contributed by atoms with Gasteiger partial charge in [0.25, 0.3) is 6.43 Å². The van der Waals surface area contributed by atoms with E-state index in [-0.39, 0.29) is 47.3 Å². The van der Waals surface area contributed by atoms with E-state index in [0.717, 1.165) is 0 Å². The summed E-state index contributed by atoms with van der Waals surface area (Å²) in [5.74, 6) is 0.0562. The van der Waals surface area contributed by atoms with Crippen LogP contribution >= 0.6 is 0 Å². The third-order valence-electron chi connectivity index (χ3n) is 8.12. The predicted octanol–water partition coefficient (Wildman–Crippen LogP) is 1.50. The molecule has 2 amide bonds. The number of nitrogens with zero attached hydrogens (tertiary/aromatic N) is 9. The maximum Gasteiger partial charge on any atom is 0.281 e. The molecule has 0 radical (unpaired) electrons. The molecule has 0 bridgehead atoms. The number of nitrogens with two attached hydrogens (primary N) is 1. The van der Waals surface area contributed by atoms with Gasteiger partial charge in [0.2, 0.25) is 29.7 Å². The number of piperazine rings is 1. The van der Waals surface area contributed by atoms with Gasteiger partial charge in [0.15, 0.2) is 11.6 Å². The number of halogens is 2. The van der Waals surface area contributed by atoms with E-state index < -0.39 is 12.1 Å². The highest BCUT2D eigenvalue weighted by molar-refractivity contribution is 5.90. The third-order valence-corrected chi connectivity index (χ3v) is 8.12. The first-order valence-electron chi connectivity index (χ1n) is 15.2. The first-order valence-corrected chi connectivity index (χ1v) is 15.2. The molecule has 3 aliphatic rings. The Hall–Kier alpha value is -4.34. The largest absolute Gasteiger partial charge is 0.378 e. The number of anilines is 3. The highest BCUT2D eigenvalue weighted by Crippen LogP contribution is 2.30. The molecule has 1 unspecified atom stereocenters. The second-order valence-corrected chi connectivity index (χ2v) is 11.1. The summed E-state index contributed by atoms with van der Waals surface area (Å²) in [6, 6.07) is 0. The van der Waals surface area contributed by atoms with Crippen LogP contribution in [0.15, 0.2) is 18.3 Å². The van der Waals surface area contributed by atoms with Crippen LogP contribution in [-0.2, 0) is 19.1 Å². The Balaban J connectivity index is 1.24. The molecule has 2 aromatic heterocycles. The molecule has 2 N–H and O–H groups in total. The molecule has 1 atom stereocenters. The van der Waals surface area contributed by atoms with Crippen molar-refractivity contribution in [3.05, 3.63) is 24.0 Å². The van der Waals surface area contributed by atoms with E-state index in [1.54, 1.807) is 22.8 Å². The Morgan fingerprint density at radius 1 is 0.956 bits per heavy atom. The van der Waals surface area contributed by atoms with Crippen molar-refractivity contribution in [1.82, 2.24) is 34.7 Å². The van der Waals surface area contributed by atoms with Crippen LogP contribution in [0.1, 0.15) is 44.7 Å². The standard InChI is InChI=1S/C29H38F2N10O4/c1-2-4-20(42)5-3-6-22(43)41-8-7-19(18-41)26(44)38-9-11-39(12-10-38)28-35-25(21-17-33-27(32)34-23(21)24(30)31)36-29(37-28)40-13-15-45-16-14-40/h2,4,17,19,24H,3,5-16,18H2,1H3,(H2,32,33,34)/b4-2+. The van der Waals surface area contributed by atoms with Crippen LogP contribution in [-0.4, -0.2) is 118 Å². The van der Waals surface area contributed by atoms with Crippen molar-refractivity contribution in [2.45, 2.75) is 39.0 Å². The average Bonchev–Trinajstić information content (AvgIpc) is 3.55. The Morgan fingerprint density at radius 2 is 1.64 bits per heavy atom. The van der Waals surface area contributed by atoms with Gasteiger partial charge in [0, 0.05) is 71.4 Å². The third kappa shape index (κ3) is 7.85. The molecule has 3 fully saturated rings. The van der Waals surface area contributed by atoms with Gasteiger partial charge in [-0.15, -0.1) is 0 Å². The maximum atomic E-state index is 13.9. The van der Waals surface area contributed by atoms with Gasteiger partial charge >= 0.3 is 0 Å². The van der Waals surface area contributed by atoms with E-state index in [0.29, 0.717) is 96.7 Å². The van der Waals surface area contributed by atoms with Crippen molar-refractivity contribution >= 4 is 35.4 Å². The van der Waals surface area contributed by atoms with Gasteiger partial charge in [0.1, 0.15) is 5.69 Å². The summed E-state index contributed by atoms with van der Waals surface area (Å²) in [7, 11) is 0. The van der Waals surface area contributed by atoms with Crippen molar-refractivity contribution in [1.29, 1.82) is 0 Å². The number of allylic oxidation sites excluding steroid dienone is 2. The number of amides is 2. The number of carbonyl (C=O) groups is 3. The zero-order valence-corrected chi connectivity index (χ0v) is 25.3. The zero-order valence-electron chi connectivity index (χ0n) is 25.3. The van der Waals surface area contributed by atoms with Crippen LogP contribution in [0.3, 0.4) is 0 Å². The van der Waals surface area contributed by atoms with E-state index in [4.69, 9.17) is 10.5 Å². The maximum absolute atomic E-state index is 13.9. The number of ether oxygens (including phenoxy) is 1. The second kappa shape index (κ2) is 14.6. The minimum absolute atomic E-state index is 0.000787. The lowest BCUT2D eigenvalue weighted by Crippen LogP contribution is -2.51. The first-order chi connectivity index (χ1) is 21.7. The molecular weight excluding hydrogens is 590 g/mol. The lowest BCUT2D eigenvalue weighted by molar-refractivity contribution is -0.136. The van der Waals surface area contributed by atoms with E-state index in [1.165, 1.54) is 12.3 Å². The minimum atomic E-state index is -2.92. The van der Waals surface area contributed by atoms with Crippen molar-refractivity contribution in [3.8, 4) is 11.4 Å². The highest BCUT2D eigenvalue weighted by atomic mass is 19.3. The number of morpholine rings is 1. The van der Waals surface area contributed by atoms with Gasteiger partial charge in [-0.2, -0.15) is 15.0 Å². The summed E-state index contributed by atoms with van der Waals surface area (Å²) in [6.07, 6.45) is 3.17. The summed E-state index contributed by atoms with van der Waals surface area (Å²) < 4.78 is 33.2. The van der Waals surface area contributed by atoms with E-state index in [2.05, 4.69) is 24.9 Å². The second-order valence-electron chi connectivity index (χ2n) is 11.1. The quantitative estimate of drug-likeness (QED) is 0.378. The number of ketones is 1. The zero-order chi connectivity index (χ0) is 31.9. The van der Waals surface area contributed by atoms with Crippen molar-refractivity contribution < 1.29 is 27.9 Å². The smallest absolute Gasteiger partial charge is 0.281 e. The van der Waals surface area contributed by atoms with Crippen LogP contribution in [0, 0.1) is 5.92 Å². The lowest BCUT2D eigenvalue weighted by atomic mass is 10.1. The number of carbonyl (C=O) groups excluding carboxylic acids is 3. The topological polar surface area (TPSA) is 164 Å². The van der Waals surface area contributed by atoms with Crippen molar-refractivity contribution in [2.24, 2.45) is 5.92 Å². The Morgan fingerprint density at radius 3 is 2.31 bits per heavy atom. The van der Waals surface area contributed by atoms with Gasteiger partial charge in [-0.3, -0.25) is 14.4 Å².